The van der Waals surface area contributed by atoms with Crippen molar-refractivity contribution in [3.63, 3.8) is 0 Å². The number of ether oxygens (including phenoxy) is 1. The Balaban J connectivity index is 1.72. The number of hydrogen-bond acceptors (Lipinski definition) is 5. The van der Waals surface area contributed by atoms with Crippen LogP contribution in [0, 0.1) is 5.92 Å². The molecule has 2 aromatic rings. The van der Waals surface area contributed by atoms with Gasteiger partial charge in [0.15, 0.2) is 0 Å². The van der Waals surface area contributed by atoms with Crippen molar-refractivity contribution in [2.75, 3.05) is 19.7 Å². The monoisotopic (exact) mass is 478 g/mol. The zero-order valence-corrected chi connectivity index (χ0v) is 20.0. The van der Waals surface area contributed by atoms with Crippen molar-refractivity contribution >= 4 is 17.8 Å². The highest BCUT2D eigenvalue weighted by atomic mass is 16.5. The number of aliphatic hydroxyl groups excluding tert-OH is 1. The Morgan fingerprint density at radius 2 is 1.74 bits per heavy atom. The Labute approximate surface area is 206 Å². The number of hydrogen-bond donors (Lipinski definition) is 2. The van der Waals surface area contributed by atoms with Crippen molar-refractivity contribution in [3.05, 3.63) is 83.9 Å². The number of esters is 1. The highest BCUT2D eigenvalue weighted by Crippen LogP contribution is 2.20. The molecule has 0 saturated carbocycles. The van der Waals surface area contributed by atoms with Crippen molar-refractivity contribution < 1.29 is 24.2 Å². The van der Waals surface area contributed by atoms with Gasteiger partial charge >= 0.3 is 5.97 Å². The van der Waals surface area contributed by atoms with E-state index in [1.807, 2.05) is 72.8 Å². The molecule has 2 amide bonds. The van der Waals surface area contributed by atoms with E-state index in [-0.39, 0.29) is 43.9 Å². The molecule has 3 rings (SSSR count). The molecule has 0 aliphatic carbocycles. The highest BCUT2D eigenvalue weighted by molar-refractivity contribution is 5.86. The molecular formula is C28H34N2O5. The molecule has 0 aromatic heterocycles. The predicted molar refractivity (Wildman–Crippen MR) is 133 cm³/mol. The Bertz CT molecular complexity index is 977. The molecule has 1 heterocycles. The maximum atomic E-state index is 13.2. The summed E-state index contributed by atoms with van der Waals surface area (Å²) >= 11 is 0. The van der Waals surface area contributed by atoms with Crippen LogP contribution >= 0.6 is 0 Å². The molecule has 0 bridgehead atoms. The van der Waals surface area contributed by atoms with Crippen LogP contribution in [0.4, 0.5) is 0 Å². The second-order valence-corrected chi connectivity index (χ2v) is 8.66. The molecule has 0 unspecified atom stereocenters. The molecule has 0 fully saturated rings. The average Bonchev–Trinajstić information content (AvgIpc) is 2.89. The minimum absolute atomic E-state index is 0.0266. The van der Waals surface area contributed by atoms with Gasteiger partial charge in [-0.1, -0.05) is 72.8 Å². The summed E-state index contributed by atoms with van der Waals surface area (Å²) in [6.45, 7) is 0.549. The van der Waals surface area contributed by atoms with E-state index >= 15 is 0 Å². The first-order chi connectivity index (χ1) is 17.1. The van der Waals surface area contributed by atoms with Gasteiger partial charge in [0.2, 0.25) is 11.8 Å². The van der Waals surface area contributed by atoms with Crippen LogP contribution in [0.3, 0.4) is 0 Å². The molecule has 1 aliphatic heterocycles. The van der Waals surface area contributed by atoms with E-state index in [0.717, 1.165) is 11.1 Å². The number of amides is 2. The number of rotatable bonds is 7. The van der Waals surface area contributed by atoms with Crippen LogP contribution in [-0.2, 0) is 25.7 Å². The van der Waals surface area contributed by atoms with Gasteiger partial charge in [0.05, 0.1) is 19.1 Å². The maximum absolute atomic E-state index is 13.2. The lowest BCUT2D eigenvalue weighted by atomic mass is 9.98. The lowest BCUT2D eigenvalue weighted by molar-refractivity contribution is -0.150. The summed E-state index contributed by atoms with van der Waals surface area (Å²) < 4.78 is 5.67. The number of nitrogens with zero attached hydrogens (tertiary/aromatic N) is 1. The summed E-state index contributed by atoms with van der Waals surface area (Å²) in [5, 5.41) is 12.4. The third-order valence-electron chi connectivity index (χ3n) is 5.98. The predicted octanol–water partition coefficient (Wildman–Crippen LogP) is 3.54. The minimum atomic E-state index is -0.596. The van der Waals surface area contributed by atoms with Gasteiger partial charge in [-0.15, -0.1) is 0 Å². The van der Waals surface area contributed by atoms with Gasteiger partial charge in [0.25, 0.3) is 0 Å². The Morgan fingerprint density at radius 1 is 1.03 bits per heavy atom. The van der Waals surface area contributed by atoms with Crippen LogP contribution in [0.15, 0.2) is 72.8 Å². The smallest absolute Gasteiger partial charge is 0.306 e. The normalized spacial score (nSPS) is 20.4. The zero-order chi connectivity index (χ0) is 24.9. The lowest BCUT2D eigenvalue weighted by Gasteiger charge is -2.25. The summed E-state index contributed by atoms with van der Waals surface area (Å²) in [6, 6.07) is 18.9. The van der Waals surface area contributed by atoms with Crippen LogP contribution in [-0.4, -0.2) is 47.5 Å². The van der Waals surface area contributed by atoms with E-state index in [1.54, 1.807) is 4.90 Å². The first-order valence-corrected chi connectivity index (χ1v) is 12.2. The van der Waals surface area contributed by atoms with Crippen LogP contribution in [0.1, 0.15) is 49.3 Å². The quantitative estimate of drug-likeness (QED) is 0.469. The summed E-state index contributed by atoms with van der Waals surface area (Å²) in [5.74, 6) is -1.31. The van der Waals surface area contributed by atoms with Crippen molar-refractivity contribution in [1.29, 1.82) is 0 Å². The first kappa shape index (κ1) is 26.2. The Kier molecular flexibility index (Phi) is 10.5. The van der Waals surface area contributed by atoms with E-state index in [4.69, 9.17) is 4.74 Å². The third kappa shape index (κ3) is 8.68. The first-order valence-electron chi connectivity index (χ1n) is 12.2. The molecular weight excluding hydrogens is 444 g/mol. The van der Waals surface area contributed by atoms with Gasteiger partial charge in [-0.3, -0.25) is 14.4 Å². The molecule has 1 aliphatic rings. The molecule has 0 radical (unpaired) electrons. The van der Waals surface area contributed by atoms with Crippen molar-refractivity contribution in [2.45, 2.75) is 44.8 Å². The third-order valence-corrected chi connectivity index (χ3v) is 5.98. The summed E-state index contributed by atoms with van der Waals surface area (Å²) in [4.78, 5) is 40.2. The van der Waals surface area contributed by atoms with Gasteiger partial charge in [-0.05, 0) is 30.4 Å². The molecule has 7 nitrogen and oxygen atoms in total. The van der Waals surface area contributed by atoms with E-state index in [1.165, 1.54) is 0 Å². The fraction of sp³-hybridized carbons (Fsp3) is 0.393. The number of benzene rings is 2. The molecule has 2 aromatic carbocycles. The van der Waals surface area contributed by atoms with E-state index < -0.39 is 12.0 Å². The second kappa shape index (κ2) is 14.1. The van der Waals surface area contributed by atoms with Gasteiger partial charge in [-0.25, -0.2) is 0 Å². The molecule has 2 atom stereocenters. The summed E-state index contributed by atoms with van der Waals surface area (Å²) in [5.41, 5.74) is 1.76. The second-order valence-electron chi connectivity index (χ2n) is 8.66. The fourth-order valence-electron chi connectivity index (χ4n) is 4.03. The van der Waals surface area contributed by atoms with Crippen LogP contribution in [0.2, 0.25) is 0 Å². The number of carbonyl (C=O) groups excluding carboxylic acids is 3. The van der Waals surface area contributed by atoms with Gasteiger partial charge in [0, 0.05) is 25.9 Å². The highest BCUT2D eigenvalue weighted by Gasteiger charge is 2.26. The van der Waals surface area contributed by atoms with Crippen LogP contribution in [0.25, 0.3) is 0 Å². The summed E-state index contributed by atoms with van der Waals surface area (Å²) in [6.07, 6.45) is 5.35. The van der Waals surface area contributed by atoms with E-state index in [9.17, 15) is 19.5 Å². The van der Waals surface area contributed by atoms with Crippen molar-refractivity contribution in [3.8, 4) is 0 Å². The number of cyclic esters (lactones) is 1. The van der Waals surface area contributed by atoms with Gasteiger partial charge in [0.1, 0.15) is 6.10 Å². The van der Waals surface area contributed by atoms with Crippen LogP contribution in [0.5, 0.6) is 0 Å². The number of carbonyl (C=O) groups is 3. The summed E-state index contributed by atoms with van der Waals surface area (Å²) in [7, 11) is 0. The topological polar surface area (TPSA) is 95.9 Å². The Hall–Kier alpha value is -3.45. The molecule has 2 N–H and O–H groups in total. The molecule has 0 spiro atoms. The largest absolute Gasteiger partial charge is 0.456 e. The van der Waals surface area contributed by atoms with Gasteiger partial charge < -0.3 is 20.1 Å². The maximum Gasteiger partial charge on any atom is 0.306 e. The fourth-order valence-corrected chi connectivity index (χ4v) is 4.03. The molecule has 35 heavy (non-hydrogen) atoms. The number of nitrogens with one attached hydrogen (secondary N) is 1. The van der Waals surface area contributed by atoms with E-state index in [2.05, 4.69) is 5.32 Å². The van der Waals surface area contributed by atoms with Crippen molar-refractivity contribution in [2.24, 2.45) is 5.92 Å². The number of allylic oxidation sites excluding steroid dienone is 2. The average molecular weight is 479 g/mol. The van der Waals surface area contributed by atoms with Crippen LogP contribution < -0.4 is 5.32 Å². The standard InChI is InChI=1S/C28H34N2O5/c31-18-17-30(21-22-11-5-3-6-12-22)26(32)19-24-15-7-1-2-10-16-27(33)35-25(20-29-28(24)34)23-13-8-4-9-14-23/h1,3-9,11-14,24-25,31H,2,10,15-21H2,(H,29,34)/b7-1+/t24-,25-/m0/s1. The van der Waals surface area contributed by atoms with Gasteiger partial charge in [-0.2, -0.15) is 0 Å². The van der Waals surface area contributed by atoms with Crippen molar-refractivity contribution in [1.82, 2.24) is 10.2 Å². The minimum Gasteiger partial charge on any atom is -0.456 e. The molecule has 7 heteroatoms. The zero-order valence-electron chi connectivity index (χ0n) is 20.0. The lowest BCUT2D eigenvalue weighted by Crippen LogP contribution is -2.39. The Morgan fingerprint density at radius 3 is 2.46 bits per heavy atom. The SMILES string of the molecule is O=C1CCC/C=C/C[C@@H](CC(=O)N(CCO)Cc2ccccc2)C(=O)NC[C@@H](c2ccccc2)O1. The molecule has 0 saturated heterocycles. The number of aliphatic hydroxyl groups is 1. The van der Waals surface area contributed by atoms with E-state index in [0.29, 0.717) is 32.2 Å². The molecule has 186 valence electrons.